The number of carboxylic acid groups (broad SMARTS) is 1. The first kappa shape index (κ1) is 25.8. The smallest absolute Gasteiger partial charge is 0.303 e. The maximum Gasteiger partial charge on any atom is 0.303 e. The number of unbranched alkanes of at least 4 members (excludes halogenated alkanes) is 3. The highest BCUT2D eigenvalue weighted by atomic mass is 32.2. The van der Waals surface area contributed by atoms with Gasteiger partial charge in [-0.3, -0.25) is 9.35 Å². The van der Waals surface area contributed by atoms with Gasteiger partial charge in [0.2, 0.25) is 5.69 Å². The van der Waals surface area contributed by atoms with Crippen LogP contribution in [0.2, 0.25) is 0 Å². The molecule has 0 fully saturated rings. The predicted molar refractivity (Wildman–Crippen MR) is 116 cm³/mol. The number of hydrogen-bond donors (Lipinski definition) is 3. The summed E-state index contributed by atoms with van der Waals surface area (Å²) in [7, 11) is -3.98. The van der Waals surface area contributed by atoms with Gasteiger partial charge in [-0.25, -0.2) is 5.26 Å². The minimum absolute atomic E-state index is 0.165. The van der Waals surface area contributed by atoms with E-state index in [1.165, 1.54) is 0 Å². The summed E-state index contributed by atoms with van der Waals surface area (Å²) >= 11 is 0.881. The third-order valence-electron chi connectivity index (χ3n) is 5.82. The monoisotopic (exact) mass is 476 g/mol. The van der Waals surface area contributed by atoms with Crippen molar-refractivity contribution in [2.24, 2.45) is 0 Å². The van der Waals surface area contributed by atoms with Gasteiger partial charge in [0.05, 0.1) is 23.2 Å². The van der Waals surface area contributed by atoms with E-state index in [1.807, 2.05) is 18.2 Å². The molecule has 1 atom stereocenters. The fourth-order valence-electron chi connectivity index (χ4n) is 4.06. The number of benzene rings is 1. The third-order valence-corrected chi connectivity index (χ3v) is 7.20. The van der Waals surface area contributed by atoms with E-state index >= 15 is 0 Å². The molecule has 0 radical (unpaired) electrons. The van der Waals surface area contributed by atoms with Crippen LogP contribution in [0.4, 0.5) is 5.69 Å². The molecule has 1 aliphatic rings. The Morgan fingerprint density at radius 1 is 1.19 bits per heavy atom. The highest BCUT2D eigenvalue weighted by Crippen LogP contribution is 2.44. The molecule has 0 bridgehead atoms. The molecule has 1 unspecified atom stereocenters. The van der Waals surface area contributed by atoms with Crippen molar-refractivity contribution < 1.29 is 42.1 Å². The minimum atomic E-state index is -3.98. The quantitative estimate of drug-likeness (QED) is 0.0902. The zero-order valence-electron chi connectivity index (χ0n) is 17.7. The van der Waals surface area contributed by atoms with Gasteiger partial charge in [-0.15, -0.1) is 4.33 Å². The van der Waals surface area contributed by atoms with Crippen molar-refractivity contribution in [1.29, 1.82) is 0 Å². The number of rotatable bonds is 14. The van der Waals surface area contributed by atoms with Crippen molar-refractivity contribution in [3.63, 3.8) is 0 Å². The number of carbonyl (C=O) groups is 1. The summed E-state index contributed by atoms with van der Waals surface area (Å²) in [5, 5.41) is 20.9. The lowest BCUT2D eigenvalue weighted by atomic mass is 9.76. The van der Waals surface area contributed by atoms with E-state index in [2.05, 4.69) is 27.8 Å². The first-order valence-electron chi connectivity index (χ1n) is 10.2. The zero-order valence-corrected chi connectivity index (χ0v) is 19.4. The lowest BCUT2D eigenvalue weighted by molar-refractivity contribution is -0.439. The Bertz CT molecular complexity index is 916. The molecule has 31 heavy (non-hydrogen) atoms. The molecule has 11 heteroatoms. The second-order valence-electron chi connectivity index (χ2n) is 7.92. The van der Waals surface area contributed by atoms with Crippen molar-refractivity contribution in [3.05, 3.63) is 23.8 Å². The SMILES string of the molecule is CC1=[N+](CCCCCC(=O)O)c2ccc(SOOO)cc2C1(C)CCCCS(=O)(=O)O. The molecule has 0 saturated carbocycles. The van der Waals surface area contributed by atoms with E-state index in [0.29, 0.717) is 25.7 Å². The molecular weight excluding hydrogens is 446 g/mol. The van der Waals surface area contributed by atoms with Crippen LogP contribution in [0.5, 0.6) is 0 Å². The summed E-state index contributed by atoms with van der Waals surface area (Å²) in [4.78, 5) is 11.5. The molecule has 0 amide bonds. The Kier molecular flexibility index (Phi) is 9.46. The van der Waals surface area contributed by atoms with E-state index in [0.717, 1.165) is 53.3 Å². The van der Waals surface area contributed by atoms with Crippen LogP contribution >= 0.6 is 12.0 Å². The molecular formula is C20H30NO8S2+. The number of hydrogen-bond acceptors (Lipinski definition) is 7. The summed E-state index contributed by atoms with van der Waals surface area (Å²) in [5.74, 6) is -1.05. The van der Waals surface area contributed by atoms with Crippen LogP contribution in [-0.4, -0.2) is 51.9 Å². The average molecular weight is 477 g/mol. The fraction of sp³-hybridized carbons (Fsp3) is 0.600. The third kappa shape index (κ3) is 7.26. The molecule has 3 N–H and O–H groups in total. The topological polar surface area (TPSA) is 133 Å². The van der Waals surface area contributed by atoms with Gasteiger partial charge in [0.25, 0.3) is 10.1 Å². The largest absolute Gasteiger partial charge is 0.481 e. The van der Waals surface area contributed by atoms with Crippen LogP contribution in [0.15, 0.2) is 23.1 Å². The summed E-state index contributed by atoms with van der Waals surface area (Å²) in [6, 6.07) is 5.80. The fourth-order valence-corrected chi connectivity index (χ4v) is 5.03. The lowest BCUT2D eigenvalue weighted by Gasteiger charge is -2.22. The van der Waals surface area contributed by atoms with Crippen molar-refractivity contribution in [2.45, 2.75) is 69.1 Å². The van der Waals surface area contributed by atoms with Gasteiger partial charge in [-0.2, -0.15) is 13.0 Å². The van der Waals surface area contributed by atoms with E-state index in [1.54, 1.807) is 0 Å². The molecule has 0 saturated heterocycles. The van der Waals surface area contributed by atoms with Crippen LogP contribution in [0.3, 0.4) is 0 Å². The minimum Gasteiger partial charge on any atom is -0.481 e. The first-order valence-corrected chi connectivity index (χ1v) is 12.5. The Hall–Kier alpha value is -1.50. The number of aliphatic carboxylic acids is 1. The normalized spacial score (nSPS) is 18.5. The van der Waals surface area contributed by atoms with E-state index in [4.69, 9.17) is 14.9 Å². The lowest BCUT2D eigenvalue weighted by Crippen LogP contribution is -2.30. The Morgan fingerprint density at radius 3 is 2.58 bits per heavy atom. The van der Waals surface area contributed by atoms with Gasteiger partial charge in [0.15, 0.2) is 5.71 Å². The van der Waals surface area contributed by atoms with E-state index in [9.17, 15) is 13.2 Å². The molecule has 1 aromatic rings. The van der Waals surface area contributed by atoms with Crippen molar-refractivity contribution in [3.8, 4) is 0 Å². The van der Waals surface area contributed by atoms with Gasteiger partial charge < -0.3 is 5.11 Å². The maximum atomic E-state index is 11.0. The molecule has 2 rings (SSSR count). The molecule has 1 aromatic carbocycles. The number of nitrogens with zero attached hydrogens (tertiary/aromatic N) is 1. The average Bonchev–Trinajstić information content (AvgIpc) is 2.90. The molecule has 0 spiro atoms. The second-order valence-corrected chi connectivity index (χ2v) is 10.3. The van der Waals surface area contributed by atoms with Crippen molar-refractivity contribution in [1.82, 2.24) is 0 Å². The van der Waals surface area contributed by atoms with Gasteiger partial charge in [-0.05, 0) is 44.7 Å². The van der Waals surface area contributed by atoms with Crippen LogP contribution in [-0.2, 0) is 29.7 Å². The maximum absolute atomic E-state index is 11.0. The van der Waals surface area contributed by atoms with Crippen LogP contribution in [0, 0.1) is 0 Å². The van der Waals surface area contributed by atoms with Crippen LogP contribution in [0.25, 0.3) is 0 Å². The van der Waals surface area contributed by atoms with Gasteiger partial charge >= 0.3 is 5.97 Å². The highest BCUT2D eigenvalue weighted by molar-refractivity contribution is 7.94. The zero-order chi connectivity index (χ0) is 23.1. The Labute approximate surface area is 186 Å². The number of fused-ring (bicyclic) bond motifs is 1. The van der Waals surface area contributed by atoms with Crippen molar-refractivity contribution >= 4 is 39.5 Å². The molecule has 9 nitrogen and oxygen atoms in total. The molecule has 0 aliphatic carbocycles. The van der Waals surface area contributed by atoms with Crippen molar-refractivity contribution in [2.75, 3.05) is 12.3 Å². The molecule has 1 aliphatic heterocycles. The number of carboxylic acids is 1. The van der Waals surface area contributed by atoms with Gasteiger partial charge in [-0.1, -0.05) is 11.5 Å². The predicted octanol–water partition coefficient (Wildman–Crippen LogP) is 4.19. The Morgan fingerprint density at radius 2 is 1.94 bits per heavy atom. The van der Waals surface area contributed by atoms with E-state index in [-0.39, 0.29) is 17.6 Å². The second kappa shape index (κ2) is 11.4. The standard InChI is InChI=1S/C20H29NO8S2/c1-15-20(2,11-5-7-13-31(25,26)27)17-14-16(30-29-28-24)9-10-18(17)21(15)12-6-3-4-8-19(22)23/h9-10,14H,3-8,11-13H2,1-2H3,(H2-,22,23,24,25,26,27)/p+1. The van der Waals surface area contributed by atoms with Crippen LogP contribution < -0.4 is 0 Å². The molecule has 0 aromatic heterocycles. The van der Waals surface area contributed by atoms with Gasteiger partial charge in [0, 0.05) is 36.3 Å². The molecule has 174 valence electrons. The Balaban J connectivity index is 2.20. The van der Waals surface area contributed by atoms with E-state index < -0.39 is 16.1 Å². The highest BCUT2D eigenvalue weighted by Gasteiger charge is 2.46. The summed E-state index contributed by atoms with van der Waals surface area (Å²) in [5.41, 5.74) is 2.90. The van der Waals surface area contributed by atoms with Gasteiger partial charge in [0.1, 0.15) is 6.54 Å². The molecule has 1 heterocycles. The summed E-state index contributed by atoms with van der Waals surface area (Å²) in [6.07, 6.45) is 4.14. The summed E-state index contributed by atoms with van der Waals surface area (Å²) in [6.45, 7) is 4.92. The summed E-state index contributed by atoms with van der Waals surface area (Å²) < 4.78 is 37.9. The van der Waals surface area contributed by atoms with Crippen LogP contribution in [0.1, 0.15) is 64.4 Å². The first-order chi connectivity index (χ1) is 14.6.